The summed E-state index contributed by atoms with van der Waals surface area (Å²) in [4.78, 5) is 0. The molecule has 0 aliphatic carbocycles. The molecular weight excluding hydrogens is 250 g/mol. The Bertz CT molecular complexity index is 467. The second-order valence-corrected chi connectivity index (χ2v) is 5.24. The average Bonchev–Trinajstić information content (AvgIpc) is 2.82. The van der Waals surface area contributed by atoms with E-state index in [-0.39, 0.29) is 12.6 Å². The van der Waals surface area contributed by atoms with E-state index in [2.05, 4.69) is 0 Å². The Morgan fingerprint density at radius 1 is 1.28 bits per heavy atom. The Morgan fingerprint density at radius 3 is 2.78 bits per heavy atom. The van der Waals surface area contributed by atoms with Crippen molar-refractivity contribution in [1.29, 1.82) is 0 Å². The largest absolute Gasteiger partial charge is 0.459 e. The van der Waals surface area contributed by atoms with E-state index in [0.717, 1.165) is 16.7 Å². The number of nitrogens with two attached hydrogens (primary N) is 1. The lowest BCUT2D eigenvalue weighted by Gasteiger charge is -2.10. The van der Waals surface area contributed by atoms with Gasteiger partial charge in [0.25, 0.3) is 0 Å². The van der Waals surface area contributed by atoms with Gasteiger partial charge in [0.05, 0.1) is 18.8 Å². The minimum absolute atomic E-state index is 0.201. The maximum absolute atomic E-state index is 9.22. The molecule has 5 heteroatoms. The molecule has 98 valence electrons. The van der Waals surface area contributed by atoms with E-state index in [1.807, 2.05) is 30.3 Å². The van der Waals surface area contributed by atoms with Gasteiger partial charge in [-0.15, -0.1) is 0 Å². The van der Waals surface area contributed by atoms with Crippen LogP contribution in [0.1, 0.15) is 11.8 Å². The van der Waals surface area contributed by atoms with Crippen molar-refractivity contribution in [2.24, 2.45) is 5.73 Å². The van der Waals surface area contributed by atoms with E-state index in [1.165, 1.54) is 11.8 Å². The van der Waals surface area contributed by atoms with Gasteiger partial charge in [-0.2, -0.15) is 11.8 Å². The zero-order valence-electron chi connectivity index (χ0n) is 9.95. The Kier molecular flexibility index (Phi) is 4.66. The second kappa shape index (κ2) is 6.24. The molecule has 2 atom stereocenters. The minimum Gasteiger partial charge on any atom is -0.459 e. The van der Waals surface area contributed by atoms with Gasteiger partial charge in [-0.3, -0.25) is 0 Å². The molecule has 4 nitrogen and oxygen atoms in total. The Morgan fingerprint density at radius 2 is 2.06 bits per heavy atom. The first-order chi connectivity index (χ1) is 8.70. The highest BCUT2D eigenvalue weighted by Crippen LogP contribution is 2.24. The van der Waals surface area contributed by atoms with Gasteiger partial charge in [-0.25, -0.2) is 0 Å². The van der Waals surface area contributed by atoms with Gasteiger partial charge in [-0.05, 0) is 12.1 Å². The SMILES string of the molecule is NC(CSCC(O)CO)c1cc2ccccc2o1. The van der Waals surface area contributed by atoms with E-state index in [4.69, 9.17) is 15.3 Å². The Labute approximate surface area is 110 Å². The molecule has 0 spiro atoms. The van der Waals surface area contributed by atoms with E-state index >= 15 is 0 Å². The molecule has 0 saturated carbocycles. The first-order valence-corrected chi connectivity index (χ1v) is 6.97. The second-order valence-electron chi connectivity index (χ2n) is 4.17. The quantitative estimate of drug-likeness (QED) is 0.739. The van der Waals surface area contributed by atoms with Crippen LogP contribution in [0.15, 0.2) is 34.7 Å². The number of furan rings is 1. The van der Waals surface area contributed by atoms with Crippen molar-refractivity contribution in [2.75, 3.05) is 18.1 Å². The van der Waals surface area contributed by atoms with Crippen LogP contribution in [0, 0.1) is 0 Å². The van der Waals surface area contributed by atoms with Crippen molar-refractivity contribution >= 4 is 22.7 Å². The molecule has 2 unspecified atom stereocenters. The van der Waals surface area contributed by atoms with Crippen LogP contribution in [0.5, 0.6) is 0 Å². The maximum Gasteiger partial charge on any atom is 0.134 e. The highest BCUT2D eigenvalue weighted by molar-refractivity contribution is 7.99. The summed E-state index contributed by atoms with van der Waals surface area (Å²) in [6.45, 7) is -0.215. The lowest BCUT2D eigenvalue weighted by molar-refractivity contribution is 0.113. The van der Waals surface area contributed by atoms with Crippen molar-refractivity contribution in [3.05, 3.63) is 36.1 Å². The van der Waals surface area contributed by atoms with Gasteiger partial charge in [-0.1, -0.05) is 18.2 Å². The molecule has 18 heavy (non-hydrogen) atoms. The van der Waals surface area contributed by atoms with Gasteiger partial charge in [0.2, 0.25) is 0 Å². The van der Waals surface area contributed by atoms with Crippen LogP contribution in [0.2, 0.25) is 0 Å². The third-order valence-corrected chi connectivity index (χ3v) is 3.84. The van der Waals surface area contributed by atoms with Crippen molar-refractivity contribution in [3.63, 3.8) is 0 Å². The molecule has 0 aliphatic rings. The predicted molar refractivity (Wildman–Crippen MR) is 73.6 cm³/mol. The molecule has 1 heterocycles. The fraction of sp³-hybridized carbons (Fsp3) is 0.385. The molecule has 0 bridgehead atoms. The zero-order valence-corrected chi connectivity index (χ0v) is 10.8. The number of para-hydroxylation sites is 1. The standard InChI is InChI=1S/C13H17NO3S/c14-11(8-18-7-10(16)6-15)13-5-9-3-1-2-4-12(9)17-13/h1-5,10-11,15-16H,6-8,14H2. The smallest absolute Gasteiger partial charge is 0.134 e. The topological polar surface area (TPSA) is 79.6 Å². The summed E-state index contributed by atoms with van der Waals surface area (Å²) in [6, 6.07) is 9.52. The number of thioether (sulfide) groups is 1. The van der Waals surface area contributed by atoms with Crippen molar-refractivity contribution < 1.29 is 14.6 Å². The van der Waals surface area contributed by atoms with Crippen LogP contribution in [0.25, 0.3) is 11.0 Å². The van der Waals surface area contributed by atoms with Crippen LogP contribution < -0.4 is 5.73 Å². The van der Waals surface area contributed by atoms with Gasteiger partial charge in [0.15, 0.2) is 0 Å². The summed E-state index contributed by atoms with van der Waals surface area (Å²) in [6.07, 6.45) is -0.683. The molecule has 2 aromatic rings. The summed E-state index contributed by atoms with van der Waals surface area (Å²) < 4.78 is 5.66. The molecule has 0 fully saturated rings. The molecule has 1 aromatic heterocycles. The van der Waals surface area contributed by atoms with E-state index < -0.39 is 6.10 Å². The highest BCUT2D eigenvalue weighted by atomic mass is 32.2. The third-order valence-electron chi connectivity index (χ3n) is 2.63. The van der Waals surface area contributed by atoms with Gasteiger partial charge in [0, 0.05) is 16.9 Å². The Balaban J connectivity index is 1.94. The Hall–Kier alpha value is -1.01. The monoisotopic (exact) mass is 267 g/mol. The number of aliphatic hydroxyl groups is 2. The molecule has 2 rings (SSSR count). The van der Waals surface area contributed by atoms with Crippen LogP contribution in [0.4, 0.5) is 0 Å². The van der Waals surface area contributed by atoms with Gasteiger partial charge < -0.3 is 20.4 Å². The fourth-order valence-electron chi connectivity index (χ4n) is 1.65. The summed E-state index contributed by atoms with van der Waals surface area (Å²) in [5, 5.41) is 19.0. The molecule has 0 radical (unpaired) electrons. The summed E-state index contributed by atoms with van der Waals surface area (Å²) >= 11 is 1.50. The molecule has 0 saturated heterocycles. The van der Waals surface area contributed by atoms with Gasteiger partial charge >= 0.3 is 0 Å². The van der Waals surface area contributed by atoms with Crippen molar-refractivity contribution in [1.82, 2.24) is 0 Å². The molecule has 4 N–H and O–H groups in total. The number of fused-ring (bicyclic) bond motifs is 1. The average molecular weight is 267 g/mol. The number of aliphatic hydroxyl groups excluding tert-OH is 2. The summed E-state index contributed by atoms with van der Waals surface area (Å²) in [7, 11) is 0. The number of benzene rings is 1. The highest BCUT2D eigenvalue weighted by Gasteiger charge is 2.12. The minimum atomic E-state index is -0.683. The summed E-state index contributed by atoms with van der Waals surface area (Å²) in [5.41, 5.74) is 6.86. The van der Waals surface area contributed by atoms with Crippen molar-refractivity contribution in [2.45, 2.75) is 12.1 Å². The lowest BCUT2D eigenvalue weighted by Crippen LogP contribution is -2.18. The molecular formula is C13H17NO3S. The first kappa shape index (κ1) is 13.4. The molecule has 0 aliphatic heterocycles. The fourth-order valence-corrected chi connectivity index (χ4v) is 2.58. The van der Waals surface area contributed by atoms with E-state index in [9.17, 15) is 5.11 Å². The lowest BCUT2D eigenvalue weighted by atomic mass is 10.2. The molecule has 0 amide bonds. The van der Waals surface area contributed by atoms with Crippen LogP contribution in [-0.4, -0.2) is 34.4 Å². The van der Waals surface area contributed by atoms with Gasteiger partial charge in [0.1, 0.15) is 11.3 Å². The van der Waals surface area contributed by atoms with Crippen LogP contribution >= 0.6 is 11.8 Å². The summed E-state index contributed by atoms with van der Waals surface area (Å²) in [5.74, 6) is 1.88. The number of hydrogen-bond acceptors (Lipinski definition) is 5. The number of hydrogen-bond donors (Lipinski definition) is 3. The van der Waals surface area contributed by atoms with Crippen molar-refractivity contribution in [3.8, 4) is 0 Å². The van der Waals surface area contributed by atoms with Crippen LogP contribution in [0.3, 0.4) is 0 Å². The van der Waals surface area contributed by atoms with Crippen LogP contribution in [-0.2, 0) is 0 Å². The molecule has 1 aromatic carbocycles. The van der Waals surface area contributed by atoms with E-state index in [1.54, 1.807) is 0 Å². The normalized spacial score (nSPS) is 14.8. The third kappa shape index (κ3) is 3.26. The zero-order chi connectivity index (χ0) is 13.0. The maximum atomic E-state index is 9.22. The van der Waals surface area contributed by atoms with E-state index in [0.29, 0.717) is 11.5 Å². The first-order valence-electron chi connectivity index (χ1n) is 5.81. The predicted octanol–water partition coefficient (Wildman–Crippen LogP) is 1.52. The number of rotatable bonds is 6.